The molecule has 2 atom stereocenters. The molecule has 0 saturated carbocycles. The average molecular weight is 265 g/mol. The van der Waals surface area contributed by atoms with Crippen molar-refractivity contribution in [3.8, 4) is 0 Å². The maximum atomic E-state index is 10.8. The lowest BCUT2D eigenvalue weighted by molar-refractivity contribution is -0.144. The number of carboxylic acid groups (broad SMARTS) is 1. The molecule has 0 aliphatic rings. The molecule has 0 bridgehead atoms. The summed E-state index contributed by atoms with van der Waals surface area (Å²) < 4.78 is 9.66. The Morgan fingerprint density at radius 3 is 1.88 bits per heavy atom. The van der Waals surface area contributed by atoms with E-state index in [1.165, 1.54) is 6.92 Å². The maximum absolute atomic E-state index is 10.8. The van der Waals surface area contributed by atoms with Gasteiger partial charge in [-0.2, -0.15) is 0 Å². The Balaban J connectivity index is 5.45. The van der Waals surface area contributed by atoms with Gasteiger partial charge in [-0.15, -0.1) is 0 Å². The number of hydrogen-bond acceptors (Lipinski definition) is 3. The van der Waals surface area contributed by atoms with Crippen molar-refractivity contribution in [2.24, 2.45) is 4.74 Å². The van der Waals surface area contributed by atoms with Gasteiger partial charge in [-0.3, -0.25) is 0 Å². The number of nitrogens with zero attached hydrogens (tertiary/aromatic N) is 1. The topological polar surface area (TPSA) is 79.1 Å². The predicted molar refractivity (Wildman–Crippen MR) is 69.3 cm³/mol. The van der Waals surface area contributed by atoms with Gasteiger partial charge in [0.2, 0.25) is 7.51 Å². The maximum Gasteiger partial charge on any atom is 0.333 e. The molecule has 17 heavy (non-hydrogen) atoms. The number of hydrogen-bond donors (Lipinski definition) is 2. The zero-order valence-electron chi connectivity index (χ0n) is 11.7. The summed E-state index contributed by atoms with van der Waals surface area (Å²) in [4.78, 5) is 21.4. The van der Waals surface area contributed by atoms with Crippen LogP contribution in [0.3, 0.4) is 0 Å². The van der Waals surface area contributed by atoms with Gasteiger partial charge >= 0.3 is 5.97 Å². The minimum absolute atomic E-state index is 0.478. The molecule has 0 aliphatic heterocycles. The van der Waals surface area contributed by atoms with E-state index in [-0.39, 0.29) is 0 Å². The molecule has 0 amide bonds. The van der Waals surface area contributed by atoms with E-state index >= 15 is 0 Å². The van der Waals surface area contributed by atoms with Crippen molar-refractivity contribution in [2.75, 3.05) is 0 Å². The van der Waals surface area contributed by atoms with Crippen LogP contribution in [0.2, 0.25) is 0 Å². The van der Waals surface area contributed by atoms with Gasteiger partial charge in [-0.05, 0) is 27.7 Å². The monoisotopic (exact) mass is 265 g/mol. The second kappa shape index (κ2) is 5.09. The first kappa shape index (κ1) is 16.6. The fraction of sp³-hybridized carbons (Fsp3) is 0.909. The number of rotatable bonds is 3. The van der Waals surface area contributed by atoms with Gasteiger partial charge in [0.15, 0.2) is 6.10 Å². The van der Waals surface area contributed by atoms with Gasteiger partial charge in [-0.1, -0.05) is 20.8 Å². The Bertz CT molecular complexity index is 338. The van der Waals surface area contributed by atoms with E-state index in [9.17, 15) is 9.69 Å². The lowest BCUT2D eigenvalue weighted by atomic mass is 10.1. The third-order valence-electron chi connectivity index (χ3n) is 1.96. The normalized spacial score (nSPS) is 18.4. The summed E-state index contributed by atoms with van der Waals surface area (Å²) in [5.41, 5.74) is -0.478. The molecule has 0 rings (SSSR count). The Labute approximate surface area is 103 Å². The van der Waals surface area contributed by atoms with Crippen LogP contribution in [0.25, 0.3) is 0 Å². The molecule has 6 heteroatoms. The molecule has 2 N–H and O–H groups in total. The lowest BCUT2D eigenvalue weighted by Crippen LogP contribution is -2.26. The molecule has 2 unspecified atom stereocenters. The largest absolute Gasteiger partial charge is 0.479 e. The second-order valence-electron chi connectivity index (χ2n) is 6.07. The van der Waals surface area contributed by atoms with Crippen LogP contribution in [0.1, 0.15) is 48.5 Å². The van der Waals surface area contributed by atoms with Gasteiger partial charge in [0.1, 0.15) is 0 Å². The molecule has 0 heterocycles. The highest BCUT2D eigenvalue weighted by Crippen LogP contribution is 2.60. The van der Waals surface area contributed by atoms with E-state index in [1.54, 1.807) is 20.8 Å². The Morgan fingerprint density at radius 2 is 1.65 bits per heavy atom. The smallest absolute Gasteiger partial charge is 0.333 e. The quantitative estimate of drug-likeness (QED) is 0.768. The van der Waals surface area contributed by atoms with Gasteiger partial charge in [0, 0.05) is 5.16 Å². The first-order chi connectivity index (χ1) is 7.28. The summed E-state index contributed by atoms with van der Waals surface area (Å²) in [6.45, 7) is 12.3. The molecular weight excluding hydrogens is 241 g/mol. The van der Waals surface area contributed by atoms with E-state index in [2.05, 4.69) is 4.74 Å². The Morgan fingerprint density at radius 1 is 1.24 bits per heavy atom. The molecule has 0 aromatic carbocycles. The zero-order chi connectivity index (χ0) is 14.1. The van der Waals surface area contributed by atoms with E-state index < -0.39 is 30.3 Å². The molecule has 0 fully saturated rings. The summed E-state index contributed by atoms with van der Waals surface area (Å²) in [5, 5.41) is 8.24. The molecule has 102 valence electrons. The minimum Gasteiger partial charge on any atom is -0.479 e. The van der Waals surface area contributed by atoms with Gasteiger partial charge in [0.25, 0.3) is 0 Å². The predicted octanol–water partition coefficient (Wildman–Crippen LogP) is 3.10. The van der Waals surface area contributed by atoms with Crippen molar-refractivity contribution in [1.29, 1.82) is 0 Å². The zero-order valence-corrected chi connectivity index (χ0v) is 12.6. The minimum atomic E-state index is -3.14. The van der Waals surface area contributed by atoms with Gasteiger partial charge < -0.3 is 14.5 Å². The van der Waals surface area contributed by atoms with Crippen LogP contribution in [0.4, 0.5) is 0 Å². The molecular formula is C11H24NO4P. The first-order valence-corrected chi connectivity index (χ1v) is 7.17. The molecule has 0 aromatic heterocycles. The van der Waals surface area contributed by atoms with Crippen LogP contribution >= 0.6 is 7.51 Å². The van der Waals surface area contributed by atoms with E-state index in [0.717, 1.165) is 0 Å². The van der Waals surface area contributed by atoms with Crippen molar-refractivity contribution in [2.45, 2.75) is 65.3 Å². The molecule has 0 radical (unpaired) electrons. The summed E-state index contributed by atoms with van der Waals surface area (Å²) in [6.07, 6.45) is -1.07. The van der Waals surface area contributed by atoms with Crippen LogP contribution < -0.4 is 0 Å². The van der Waals surface area contributed by atoms with Gasteiger partial charge in [-0.25, -0.2) is 9.54 Å². The lowest BCUT2D eigenvalue weighted by Gasteiger charge is -2.34. The Hall–Kier alpha value is -0.380. The van der Waals surface area contributed by atoms with Crippen LogP contribution in [-0.2, 0) is 9.32 Å². The van der Waals surface area contributed by atoms with Crippen LogP contribution in [-0.4, -0.2) is 32.8 Å². The van der Waals surface area contributed by atoms with E-state index in [1.807, 2.05) is 20.8 Å². The van der Waals surface area contributed by atoms with E-state index in [4.69, 9.17) is 9.63 Å². The van der Waals surface area contributed by atoms with Crippen molar-refractivity contribution in [3.05, 3.63) is 0 Å². The Kier molecular flexibility index (Phi) is 4.97. The highest BCUT2D eigenvalue weighted by atomic mass is 31.2. The van der Waals surface area contributed by atoms with E-state index in [0.29, 0.717) is 0 Å². The molecule has 0 spiro atoms. The standard InChI is InChI=1S/C11H24NO4P/c1-8(9(13)14)16-17(15,11(5,6)7)12-10(2,3)4/h8,15H,1-7H3,(H,13,14). The third-order valence-corrected chi connectivity index (χ3v) is 5.19. The molecule has 0 aliphatic carbocycles. The number of carboxylic acids is 1. The fourth-order valence-corrected chi connectivity index (χ4v) is 3.01. The van der Waals surface area contributed by atoms with Crippen LogP contribution in [0, 0.1) is 0 Å². The summed E-state index contributed by atoms with van der Waals surface area (Å²) >= 11 is 0. The summed E-state index contributed by atoms with van der Waals surface area (Å²) in [5.74, 6) is -1.10. The highest BCUT2D eigenvalue weighted by Gasteiger charge is 2.38. The summed E-state index contributed by atoms with van der Waals surface area (Å²) in [6, 6.07) is 0. The van der Waals surface area contributed by atoms with Crippen LogP contribution in [0.5, 0.6) is 0 Å². The SMILES string of the molecule is CC(OP(O)(=NC(C)(C)C)C(C)(C)C)C(=O)O. The van der Waals surface area contributed by atoms with Crippen molar-refractivity contribution >= 4 is 13.5 Å². The second-order valence-corrected chi connectivity index (χ2v) is 8.91. The van der Waals surface area contributed by atoms with Crippen molar-refractivity contribution in [3.63, 3.8) is 0 Å². The fourth-order valence-electron chi connectivity index (χ4n) is 1.00. The highest BCUT2D eigenvalue weighted by molar-refractivity contribution is 7.57. The molecule has 0 aromatic rings. The van der Waals surface area contributed by atoms with Gasteiger partial charge in [0.05, 0.1) is 5.54 Å². The van der Waals surface area contributed by atoms with Crippen LogP contribution in [0.15, 0.2) is 4.74 Å². The number of carbonyl (C=O) groups is 1. The third kappa shape index (κ3) is 5.19. The molecule has 0 saturated heterocycles. The first-order valence-electron chi connectivity index (χ1n) is 5.56. The van der Waals surface area contributed by atoms with Crippen molar-refractivity contribution < 1.29 is 19.3 Å². The average Bonchev–Trinajstić information content (AvgIpc) is 1.97. The van der Waals surface area contributed by atoms with Crippen molar-refractivity contribution in [1.82, 2.24) is 0 Å². The number of aliphatic carboxylic acids is 1. The molecule has 5 nitrogen and oxygen atoms in total. The summed E-state index contributed by atoms with van der Waals surface area (Å²) in [7, 11) is -3.14.